The van der Waals surface area contributed by atoms with Gasteiger partial charge in [-0.3, -0.25) is 14.4 Å². The predicted octanol–water partition coefficient (Wildman–Crippen LogP) is 1.62. The number of hydrogen-bond donors (Lipinski definition) is 0. The molecule has 24 heavy (non-hydrogen) atoms. The quantitative estimate of drug-likeness (QED) is 0.603. The zero-order chi connectivity index (χ0) is 16.8. The zero-order valence-corrected chi connectivity index (χ0v) is 13.3. The number of carbonyl (C=O) groups excluding carboxylic acids is 3. The van der Waals surface area contributed by atoms with Crippen LogP contribution in [0.15, 0.2) is 24.3 Å². The Morgan fingerprint density at radius 1 is 1.21 bits per heavy atom. The summed E-state index contributed by atoms with van der Waals surface area (Å²) in [5.41, 5.74) is 0.455. The number of fused-ring (bicyclic) bond motifs is 1. The van der Waals surface area contributed by atoms with Crippen molar-refractivity contribution in [1.29, 1.82) is 0 Å². The summed E-state index contributed by atoms with van der Waals surface area (Å²) in [4.78, 5) is 36.5. The van der Waals surface area contributed by atoms with Gasteiger partial charge in [-0.25, -0.2) is 0 Å². The van der Waals surface area contributed by atoms with E-state index in [-0.39, 0.29) is 42.2 Å². The summed E-state index contributed by atoms with van der Waals surface area (Å²) in [7, 11) is 1.55. The number of hydrogen-bond acceptors (Lipinski definition) is 6. The molecule has 1 aromatic rings. The lowest BCUT2D eigenvalue weighted by atomic mass is 9.80. The van der Waals surface area contributed by atoms with Gasteiger partial charge in [-0.1, -0.05) is 0 Å². The van der Waals surface area contributed by atoms with Crippen molar-refractivity contribution >= 4 is 17.7 Å². The molecule has 0 amide bonds. The first-order valence-electron chi connectivity index (χ1n) is 8.13. The van der Waals surface area contributed by atoms with E-state index in [1.165, 1.54) is 0 Å². The van der Waals surface area contributed by atoms with Gasteiger partial charge in [-0.15, -0.1) is 0 Å². The van der Waals surface area contributed by atoms with Crippen molar-refractivity contribution in [3.8, 4) is 5.75 Å². The van der Waals surface area contributed by atoms with Crippen LogP contribution in [-0.4, -0.2) is 37.5 Å². The fraction of sp³-hybridized carbons (Fsp3) is 0.500. The molecule has 126 valence electrons. The molecule has 1 aliphatic heterocycles. The number of methoxy groups -OCH3 is 1. The van der Waals surface area contributed by atoms with Crippen LogP contribution in [0, 0.1) is 23.7 Å². The Kier molecular flexibility index (Phi) is 3.55. The third-order valence-electron chi connectivity index (χ3n) is 5.51. The molecule has 4 rings (SSSR count). The van der Waals surface area contributed by atoms with Gasteiger partial charge in [0.2, 0.25) is 0 Å². The Labute approximate surface area is 139 Å². The number of Topliss-reactive ketones (excluding diaryl/α,β-unsaturated/α-hetero) is 1. The van der Waals surface area contributed by atoms with E-state index in [4.69, 9.17) is 14.2 Å². The van der Waals surface area contributed by atoms with E-state index >= 15 is 0 Å². The summed E-state index contributed by atoms with van der Waals surface area (Å²) >= 11 is 0. The van der Waals surface area contributed by atoms with E-state index in [2.05, 4.69) is 0 Å². The second kappa shape index (κ2) is 5.61. The van der Waals surface area contributed by atoms with Crippen molar-refractivity contribution in [2.75, 3.05) is 13.7 Å². The fourth-order valence-electron chi connectivity index (χ4n) is 4.42. The van der Waals surface area contributed by atoms with Crippen LogP contribution < -0.4 is 4.74 Å². The van der Waals surface area contributed by atoms with E-state index in [0.717, 1.165) is 12.8 Å². The largest absolute Gasteiger partial charge is 0.497 e. The first-order chi connectivity index (χ1) is 11.6. The highest BCUT2D eigenvalue weighted by Crippen LogP contribution is 2.57. The number of benzene rings is 1. The lowest BCUT2D eigenvalue weighted by Gasteiger charge is -2.22. The van der Waals surface area contributed by atoms with E-state index < -0.39 is 11.9 Å². The van der Waals surface area contributed by atoms with Crippen LogP contribution in [0.5, 0.6) is 5.75 Å². The second-order valence-electron chi connectivity index (χ2n) is 6.68. The van der Waals surface area contributed by atoms with Crippen LogP contribution in [0.1, 0.15) is 23.2 Å². The molecule has 0 spiro atoms. The molecule has 0 N–H and O–H groups in total. The van der Waals surface area contributed by atoms with Crippen molar-refractivity contribution in [2.45, 2.75) is 18.9 Å². The van der Waals surface area contributed by atoms with E-state index in [1.807, 2.05) is 0 Å². The summed E-state index contributed by atoms with van der Waals surface area (Å²) in [6, 6.07) is 6.62. The number of rotatable bonds is 5. The number of carbonyl (C=O) groups is 3. The Morgan fingerprint density at radius 3 is 2.67 bits per heavy atom. The molecule has 6 nitrogen and oxygen atoms in total. The standard InChI is InChI=1S/C18H18O6/c1-22-11-4-2-9(3-5-11)13(19)8-23-17(20)15-10-6-12-14(7-10)24-18(21)16(12)15/h2-5,10,12,14-16H,6-8H2,1H3/t10-,12+,14+,15-,16-/m1/s1. The zero-order valence-electron chi connectivity index (χ0n) is 13.3. The number of ether oxygens (including phenoxy) is 3. The fourth-order valence-corrected chi connectivity index (χ4v) is 4.42. The summed E-state index contributed by atoms with van der Waals surface area (Å²) < 4.78 is 15.6. The minimum absolute atomic E-state index is 0.0162. The van der Waals surface area contributed by atoms with E-state index in [0.29, 0.717) is 11.3 Å². The summed E-state index contributed by atoms with van der Waals surface area (Å²) in [5.74, 6) is -0.902. The van der Waals surface area contributed by atoms with Gasteiger partial charge < -0.3 is 14.2 Å². The molecule has 3 fully saturated rings. The van der Waals surface area contributed by atoms with Gasteiger partial charge in [0.1, 0.15) is 11.9 Å². The van der Waals surface area contributed by atoms with Gasteiger partial charge in [-0.05, 0) is 43.0 Å². The maximum atomic E-state index is 12.4. The highest BCUT2D eigenvalue weighted by Gasteiger charge is 2.64. The minimum atomic E-state index is -0.454. The molecule has 1 saturated heterocycles. The van der Waals surface area contributed by atoms with Gasteiger partial charge in [0.05, 0.1) is 18.9 Å². The second-order valence-corrected chi connectivity index (χ2v) is 6.68. The van der Waals surface area contributed by atoms with Crippen LogP contribution in [0.3, 0.4) is 0 Å². The summed E-state index contributed by atoms with van der Waals surface area (Å²) in [6.07, 6.45) is 1.56. The van der Waals surface area contributed by atoms with Crippen molar-refractivity contribution in [3.05, 3.63) is 29.8 Å². The Bertz CT molecular complexity index is 692. The smallest absolute Gasteiger partial charge is 0.310 e. The molecular weight excluding hydrogens is 312 g/mol. The lowest BCUT2D eigenvalue weighted by Crippen LogP contribution is -2.34. The number of ketones is 1. The molecule has 1 heterocycles. The van der Waals surface area contributed by atoms with Crippen molar-refractivity contribution in [2.24, 2.45) is 23.7 Å². The average Bonchev–Trinajstić information content (AvgIpc) is 3.21. The monoisotopic (exact) mass is 330 g/mol. The molecule has 1 aromatic carbocycles. The summed E-state index contributed by atoms with van der Waals surface area (Å²) in [6.45, 7) is -0.315. The van der Waals surface area contributed by atoms with Gasteiger partial charge in [0.15, 0.2) is 12.4 Å². The van der Waals surface area contributed by atoms with Gasteiger partial charge in [-0.2, -0.15) is 0 Å². The summed E-state index contributed by atoms with van der Waals surface area (Å²) in [5, 5.41) is 0. The van der Waals surface area contributed by atoms with Crippen molar-refractivity contribution in [1.82, 2.24) is 0 Å². The SMILES string of the molecule is COc1ccc(C(=O)COC(=O)[C@@H]2[C@@H]3C[C@@H]4[C@H]2C(=O)O[C@H]4C3)cc1. The maximum absolute atomic E-state index is 12.4. The predicted molar refractivity (Wildman–Crippen MR) is 81.4 cm³/mol. The van der Waals surface area contributed by atoms with Crippen molar-refractivity contribution in [3.63, 3.8) is 0 Å². The third kappa shape index (κ3) is 2.28. The Balaban J connectivity index is 1.38. The maximum Gasteiger partial charge on any atom is 0.310 e. The van der Waals surface area contributed by atoms with Gasteiger partial charge in [0.25, 0.3) is 0 Å². The van der Waals surface area contributed by atoms with Gasteiger partial charge in [0, 0.05) is 11.5 Å². The molecule has 0 radical (unpaired) electrons. The van der Waals surface area contributed by atoms with Crippen LogP contribution in [0.2, 0.25) is 0 Å². The Hall–Kier alpha value is -2.37. The molecule has 0 aromatic heterocycles. The topological polar surface area (TPSA) is 78.9 Å². The molecule has 2 saturated carbocycles. The minimum Gasteiger partial charge on any atom is -0.497 e. The van der Waals surface area contributed by atoms with Crippen LogP contribution in [0.25, 0.3) is 0 Å². The molecule has 3 aliphatic rings. The average molecular weight is 330 g/mol. The molecule has 6 heteroatoms. The number of esters is 2. The van der Waals surface area contributed by atoms with E-state index in [1.54, 1.807) is 31.4 Å². The van der Waals surface area contributed by atoms with Crippen molar-refractivity contribution < 1.29 is 28.6 Å². The van der Waals surface area contributed by atoms with Crippen LogP contribution in [-0.2, 0) is 19.1 Å². The molecular formula is C18H18O6. The van der Waals surface area contributed by atoms with E-state index in [9.17, 15) is 14.4 Å². The highest BCUT2D eigenvalue weighted by molar-refractivity contribution is 5.98. The normalized spacial score (nSPS) is 32.5. The molecule has 5 atom stereocenters. The third-order valence-corrected chi connectivity index (χ3v) is 5.51. The molecule has 0 unspecified atom stereocenters. The van der Waals surface area contributed by atoms with Crippen LogP contribution >= 0.6 is 0 Å². The first kappa shape index (κ1) is 15.2. The highest BCUT2D eigenvalue weighted by atomic mass is 16.6. The van der Waals surface area contributed by atoms with Gasteiger partial charge >= 0.3 is 11.9 Å². The molecule has 2 aliphatic carbocycles. The molecule has 2 bridgehead atoms. The first-order valence-corrected chi connectivity index (χ1v) is 8.13. The van der Waals surface area contributed by atoms with Crippen LogP contribution in [0.4, 0.5) is 0 Å². The lowest BCUT2D eigenvalue weighted by molar-refractivity contribution is -0.154. The Morgan fingerprint density at radius 2 is 1.96 bits per heavy atom.